The molecule has 3 rings (SSSR count). The number of nitrogens with zero attached hydrogens (tertiary/aromatic N) is 2. The van der Waals surface area contributed by atoms with Crippen LogP contribution in [0.5, 0.6) is 0 Å². The normalized spacial score (nSPS) is 17.7. The van der Waals surface area contributed by atoms with E-state index in [1.54, 1.807) is 0 Å². The van der Waals surface area contributed by atoms with Gasteiger partial charge < -0.3 is 20.0 Å². The summed E-state index contributed by atoms with van der Waals surface area (Å²) in [5.41, 5.74) is 2.07. The largest absolute Gasteiger partial charge is 0.395 e. The average Bonchev–Trinajstić information content (AvgIpc) is 2.84. The fourth-order valence-corrected chi connectivity index (χ4v) is 4.22. The summed E-state index contributed by atoms with van der Waals surface area (Å²) in [7, 11) is 0. The molecule has 0 aliphatic heterocycles. The van der Waals surface area contributed by atoms with Gasteiger partial charge in [-0.25, -0.2) is 0 Å². The van der Waals surface area contributed by atoms with Crippen molar-refractivity contribution in [2.24, 2.45) is 11.8 Å². The van der Waals surface area contributed by atoms with Crippen molar-refractivity contribution >= 4 is 11.8 Å². The molecular formula is C26H32N2O4. The lowest BCUT2D eigenvalue weighted by atomic mass is 9.80. The Labute approximate surface area is 189 Å². The summed E-state index contributed by atoms with van der Waals surface area (Å²) in [6.07, 6.45) is 4.90. The predicted octanol–water partition coefficient (Wildman–Crippen LogP) is 2.61. The maximum atomic E-state index is 13.8. The summed E-state index contributed by atoms with van der Waals surface area (Å²) < 4.78 is 0. The molecule has 0 fully saturated rings. The van der Waals surface area contributed by atoms with E-state index in [2.05, 4.69) is 0 Å². The van der Waals surface area contributed by atoms with Gasteiger partial charge in [-0.15, -0.1) is 0 Å². The second-order valence-electron chi connectivity index (χ2n) is 8.09. The van der Waals surface area contributed by atoms with Gasteiger partial charge in [0.15, 0.2) is 0 Å². The Morgan fingerprint density at radius 1 is 0.688 bits per heavy atom. The monoisotopic (exact) mass is 436 g/mol. The van der Waals surface area contributed by atoms with Gasteiger partial charge in [0.05, 0.1) is 25.0 Å². The van der Waals surface area contributed by atoms with Crippen LogP contribution in [0, 0.1) is 11.8 Å². The molecule has 2 atom stereocenters. The van der Waals surface area contributed by atoms with Crippen molar-refractivity contribution in [2.75, 3.05) is 26.3 Å². The molecule has 170 valence electrons. The summed E-state index contributed by atoms with van der Waals surface area (Å²) in [5.74, 6) is -1.21. The minimum absolute atomic E-state index is 0.0478. The van der Waals surface area contributed by atoms with E-state index < -0.39 is 11.8 Å². The molecule has 2 amide bonds. The van der Waals surface area contributed by atoms with E-state index >= 15 is 0 Å². The third kappa shape index (κ3) is 6.28. The smallest absolute Gasteiger partial charge is 0.227 e. The molecule has 0 saturated carbocycles. The quantitative estimate of drug-likeness (QED) is 0.561. The zero-order valence-corrected chi connectivity index (χ0v) is 18.3. The fraction of sp³-hybridized carbons (Fsp3) is 0.385. The van der Waals surface area contributed by atoms with Crippen LogP contribution in [0.25, 0.3) is 0 Å². The molecule has 32 heavy (non-hydrogen) atoms. The summed E-state index contributed by atoms with van der Waals surface area (Å²) >= 11 is 0. The highest BCUT2D eigenvalue weighted by Crippen LogP contribution is 2.30. The maximum absolute atomic E-state index is 13.8. The van der Waals surface area contributed by atoms with Crippen molar-refractivity contribution in [3.05, 3.63) is 83.9 Å². The Kier molecular flexibility index (Phi) is 9.01. The highest BCUT2D eigenvalue weighted by atomic mass is 16.3. The topological polar surface area (TPSA) is 81.1 Å². The zero-order chi connectivity index (χ0) is 22.8. The number of hydrogen-bond acceptors (Lipinski definition) is 4. The lowest BCUT2D eigenvalue weighted by molar-refractivity contribution is -0.147. The van der Waals surface area contributed by atoms with Gasteiger partial charge >= 0.3 is 0 Å². The summed E-state index contributed by atoms with van der Waals surface area (Å²) in [6.45, 7) is 0.873. The molecule has 2 unspecified atom stereocenters. The first-order valence-electron chi connectivity index (χ1n) is 11.2. The van der Waals surface area contributed by atoms with Crippen molar-refractivity contribution in [2.45, 2.75) is 25.9 Å². The molecule has 6 heteroatoms. The fourth-order valence-electron chi connectivity index (χ4n) is 4.22. The molecule has 2 aromatic rings. The Morgan fingerprint density at radius 2 is 1.09 bits per heavy atom. The molecule has 2 aromatic carbocycles. The zero-order valence-electron chi connectivity index (χ0n) is 18.3. The first kappa shape index (κ1) is 23.7. The number of carbonyl (C=O) groups excluding carboxylic acids is 2. The number of carbonyl (C=O) groups is 2. The van der Waals surface area contributed by atoms with Gasteiger partial charge in [0, 0.05) is 26.2 Å². The van der Waals surface area contributed by atoms with E-state index in [0.29, 0.717) is 25.9 Å². The Bertz CT molecular complexity index is 838. The van der Waals surface area contributed by atoms with Crippen molar-refractivity contribution in [3.8, 4) is 0 Å². The molecule has 6 nitrogen and oxygen atoms in total. The van der Waals surface area contributed by atoms with Gasteiger partial charge in [-0.3, -0.25) is 9.59 Å². The lowest BCUT2D eigenvalue weighted by Crippen LogP contribution is -2.47. The number of hydrogen-bond donors (Lipinski definition) is 2. The third-order valence-corrected chi connectivity index (χ3v) is 5.86. The van der Waals surface area contributed by atoms with Crippen LogP contribution < -0.4 is 0 Å². The van der Waals surface area contributed by atoms with E-state index in [1.165, 1.54) is 4.90 Å². The molecule has 0 radical (unpaired) electrons. The summed E-state index contributed by atoms with van der Waals surface area (Å²) in [4.78, 5) is 30.3. The molecule has 1 aliphatic carbocycles. The van der Waals surface area contributed by atoms with Crippen LogP contribution in [0.15, 0.2) is 72.8 Å². The molecule has 0 saturated heterocycles. The number of rotatable bonds is 10. The van der Waals surface area contributed by atoms with E-state index in [0.717, 1.165) is 11.1 Å². The molecule has 1 aliphatic rings. The number of aliphatic hydroxyl groups excluding tert-OH is 2. The van der Waals surface area contributed by atoms with Gasteiger partial charge in [0.2, 0.25) is 11.8 Å². The number of allylic oxidation sites excluding steroid dienone is 2. The van der Waals surface area contributed by atoms with Crippen molar-refractivity contribution in [1.29, 1.82) is 0 Å². The second kappa shape index (κ2) is 12.2. The van der Waals surface area contributed by atoms with Gasteiger partial charge in [0.1, 0.15) is 0 Å². The molecule has 0 heterocycles. The average molecular weight is 437 g/mol. The number of aliphatic hydroxyl groups is 2. The van der Waals surface area contributed by atoms with E-state index in [9.17, 15) is 19.8 Å². The van der Waals surface area contributed by atoms with Crippen LogP contribution in [0.1, 0.15) is 24.0 Å². The highest BCUT2D eigenvalue weighted by Gasteiger charge is 2.38. The predicted molar refractivity (Wildman–Crippen MR) is 123 cm³/mol. The van der Waals surface area contributed by atoms with E-state index in [1.807, 2.05) is 77.7 Å². The SMILES string of the molecule is O=C(C1CC=CCC1C(=O)N(Cc1ccccc1)Cc1ccccc1)N(CCO)CCO. The van der Waals surface area contributed by atoms with Gasteiger partial charge in [0.25, 0.3) is 0 Å². The minimum atomic E-state index is -0.500. The molecule has 0 aromatic heterocycles. The van der Waals surface area contributed by atoms with Crippen LogP contribution in [0.2, 0.25) is 0 Å². The van der Waals surface area contributed by atoms with Crippen LogP contribution in [-0.4, -0.2) is 58.1 Å². The van der Waals surface area contributed by atoms with Gasteiger partial charge in [-0.05, 0) is 24.0 Å². The minimum Gasteiger partial charge on any atom is -0.395 e. The first-order chi connectivity index (χ1) is 15.6. The summed E-state index contributed by atoms with van der Waals surface area (Å²) in [5, 5.41) is 18.7. The number of benzene rings is 2. The molecule has 0 bridgehead atoms. The Hall–Kier alpha value is -2.96. The molecule has 0 spiro atoms. The first-order valence-corrected chi connectivity index (χ1v) is 11.2. The standard InChI is InChI=1S/C26H32N2O4/c29-17-15-27(16-18-30)25(31)23-13-7-8-14-24(23)26(32)28(19-21-9-3-1-4-10-21)20-22-11-5-2-6-12-22/h1-12,23-24,29-30H,13-20H2. The van der Waals surface area contributed by atoms with Gasteiger partial charge in [-0.2, -0.15) is 0 Å². The van der Waals surface area contributed by atoms with Crippen molar-refractivity contribution < 1.29 is 19.8 Å². The summed E-state index contributed by atoms with van der Waals surface area (Å²) in [6, 6.07) is 19.7. The Morgan fingerprint density at radius 3 is 1.50 bits per heavy atom. The van der Waals surface area contributed by atoms with Crippen LogP contribution in [-0.2, 0) is 22.7 Å². The third-order valence-electron chi connectivity index (χ3n) is 5.86. The molecular weight excluding hydrogens is 404 g/mol. The van der Waals surface area contributed by atoms with Crippen LogP contribution in [0.3, 0.4) is 0 Å². The van der Waals surface area contributed by atoms with Gasteiger partial charge in [-0.1, -0.05) is 72.8 Å². The molecule has 2 N–H and O–H groups in total. The maximum Gasteiger partial charge on any atom is 0.227 e. The lowest BCUT2D eigenvalue weighted by Gasteiger charge is -2.35. The van der Waals surface area contributed by atoms with Crippen molar-refractivity contribution in [1.82, 2.24) is 9.80 Å². The highest BCUT2D eigenvalue weighted by molar-refractivity contribution is 5.88. The van der Waals surface area contributed by atoms with E-state index in [4.69, 9.17) is 0 Å². The number of amides is 2. The second-order valence-corrected chi connectivity index (χ2v) is 8.09. The Balaban J connectivity index is 1.84. The van der Waals surface area contributed by atoms with Crippen LogP contribution in [0.4, 0.5) is 0 Å². The van der Waals surface area contributed by atoms with Crippen molar-refractivity contribution in [3.63, 3.8) is 0 Å². The van der Waals surface area contributed by atoms with E-state index in [-0.39, 0.29) is 38.1 Å². The van der Waals surface area contributed by atoms with Crippen LogP contribution >= 0.6 is 0 Å².